The van der Waals surface area contributed by atoms with Gasteiger partial charge in [-0.1, -0.05) is 0 Å². The molecule has 1 saturated heterocycles. The molecule has 0 bridgehead atoms. The lowest BCUT2D eigenvalue weighted by Gasteiger charge is -2.21. The summed E-state index contributed by atoms with van der Waals surface area (Å²) in [4.78, 5) is 0. The van der Waals surface area contributed by atoms with E-state index in [4.69, 9.17) is 9.47 Å². The van der Waals surface area contributed by atoms with E-state index < -0.39 is 0 Å². The Labute approximate surface area is 101 Å². The van der Waals surface area contributed by atoms with Gasteiger partial charge in [0.15, 0.2) is 0 Å². The summed E-state index contributed by atoms with van der Waals surface area (Å²) in [6.45, 7) is 4.24. The summed E-state index contributed by atoms with van der Waals surface area (Å²) in [5.74, 6) is 3.92. The van der Waals surface area contributed by atoms with Crippen LogP contribution in [0, 0.1) is 0 Å². The van der Waals surface area contributed by atoms with Crippen molar-refractivity contribution < 1.29 is 9.47 Å². The quantitative estimate of drug-likeness (QED) is 0.653. The monoisotopic (exact) mass is 251 g/mol. The maximum atomic E-state index is 5.36. The van der Waals surface area contributed by atoms with Gasteiger partial charge in [0.05, 0.1) is 19.8 Å². The van der Waals surface area contributed by atoms with Crippen molar-refractivity contribution in [2.45, 2.75) is 5.25 Å². The SMILES string of the molecule is COCCOCCNCC1CSCCS1. The second-order valence-electron chi connectivity index (χ2n) is 3.38. The number of thioether (sulfide) groups is 2. The van der Waals surface area contributed by atoms with Crippen LogP contribution in [0.5, 0.6) is 0 Å². The maximum Gasteiger partial charge on any atom is 0.0700 e. The Balaban J connectivity index is 1.79. The highest BCUT2D eigenvalue weighted by Crippen LogP contribution is 2.22. The molecule has 0 aromatic rings. The largest absolute Gasteiger partial charge is 0.382 e. The molecule has 0 radical (unpaired) electrons. The van der Waals surface area contributed by atoms with Crippen molar-refractivity contribution >= 4 is 23.5 Å². The Kier molecular flexibility index (Phi) is 8.90. The zero-order valence-corrected chi connectivity index (χ0v) is 11.0. The van der Waals surface area contributed by atoms with E-state index in [-0.39, 0.29) is 0 Å². The van der Waals surface area contributed by atoms with Crippen LogP contribution in [0.25, 0.3) is 0 Å². The number of rotatable bonds is 8. The summed E-state index contributed by atoms with van der Waals surface area (Å²) in [6, 6.07) is 0. The molecule has 1 aliphatic heterocycles. The first kappa shape index (κ1) is 13.6. The number of hydrogen-bond acceptors (Lipinski definition) is 5. The minimum Gasteiger partial charge on any atom is -0.382 e. The van der Waals surface area contributed by atoms with Crippen LogP contribution in [0.1, 0.15) is 0 Å². The molecule has 0 aromatic carbocycles. The number of hydrogen-bond donors (Lipinski definition) is 1. The molecule has 3 nitrogen and oxygen atoms in total. The van der Waals surface area contributed by atoms with E-state index in [1.54, 1.807) is 7.11 Å². The molecule has 1 fully saturated rings. The summed E-state index contributed by atoms with van der Waals surface area (Å²) in [7, 11) is 1.69. The van der Waals surface area contributed by atoms with Gasteiger partial charge in [0.2, 0.25) is 0 Å². The Morgan fingerprint density at radius 1 is 1.27 bits per heavy atom. The molecule has 0 amide bonds. The van der Waals surface area contributed by atoms with Crippen molar-refractivity contribution in [3.63, 3.8) is 0 Å². The van der Waals surface area contributed by atoms with Crippen molar-refractivity contribution in [1.82, 2.24) is 5.32 Å². The number of ether oxygens (including phenoxy) is 2. The first-order valence-electron chi connectivity index (χ1n) is 5.40. The van der Waals surface area contributed by atoms with Crippen molar-refractivity contribution in [2.24, 2.45) is 0 Å². The van der Waals surface area contributed by atoms with Crippen LogP contribution < -0.4 is 5.32 Å². The zero-order valence-electron chi connectivity index (χ0n) is 9.37. The lowest BCUT2D eigenvalue weighted by atomic mass is 10.4. The molecule has 5 heteroatoms. The van der Waals surface area contributed by atoms with Crippen molar-refractivity contribution in [2.75, 3.05) is 57.3 Å². The van der Waals surface area contributed by atoms with Gasteiger partial charge in [-0.05, 0) is 0 Å². The van der Waals surface area contributed by atoms with Crippen LogP contribution in [0.4, 0.5) is 0 Å². The normalized spacial score (nSPS) is 21.8. The second-order valence-corrected chi connectivity index (χ2v) is 5.94. The first-order valence-corrected chi connectivity index (χ1v) is 7.60. The van der Waals surface area contributed by atoms with Gasteiger partial charge >= 0.3 is 0 Å². The summed E-state index contributed by atoms with van der Waals surface area (Å²) in [6.07, 6.45) is 0. The van der Waals surface area contributed by atoms with E-state index in [1.807, 2.05) is 0 Å². The molecule has 0 saturated carbocycles. The molecule has 0 aliphatic carbocycles. The lowest BCUT2D eigenvalue weighted by Crippen LogP contribution is -2.31. The maximum absolute atomic E-state index is 5.36. The minimum atomic E-state index is 0.690. The molecule has 0 aromatic heterocycles. The van der Waals surface area contributed by atoms with Gasteiger partial charge in [-0.15, -0.1) is 0 Å². The fourth-order valence-corrected chi connectivity index (χ4v) is 3.95. The predicted octanol–water partition coefficient (Wildman–Crippen LogP) is 1.09. The Morgan fingerprint density at radius 2 is 2.20 bits per heavy atom. The van der Waals surface area contributed by atoms with E-state index in [0.717, 1.165) is 24.9 Å². The lowest BCUT2D eigenvalue weighted by molar-refractivity contribution is 0.0721. The van der Waals surface area contributed by atoms with Crippen LogP contribution in [0.15, 0.2) is 0 Å². The Morgan fingerprint density at radius 3 is 2.93 bits per heavy atom. The third kappa shape index (κ3) is 7.47. The highest BCUT2D eigenvalue weighted by atomic mass is 32.2. The topological polar surface area (TPSA) is 30.5 Å². The van der Waals surface area contributed by atoms with Gasteiger partial charge in [-0.25, -0.2) is 0 Å². The molecule has 1 heterocycles. The fraction of sp³-hybridized carbons (Fsp3) is 1.00. The first-order chi connectivity index (χ1) is 7.43. The fourth-order valence-electron chi connectivity index (χ4n) is 1.31. The van der Waals surface area contributed by atoms with Crippen LogP contribution in [-0.2, 0) is 9.47 Å². The molecule has 90 valence electrons. The molecular weight excluding hydrogens is 230 g/mol. The van der Waals surface area contributed by atoms with Gasteiger partial charge in [0, 0.05) is 42.7 Å². The number of methoxy groups -OCH3 is 1. The standard InChI is InChI=1S/C10H21NO2S2/c1-12-4-5-13-3-2-11-8-10-9-14-6-7-15-10/h10-11H,2-9H2,1H3. The summed E-state index contributed by atoms with van der Waals surface area (Å²) in [5.41, 5.74) is 0. The van der Waals surface area contributed by atoms with E-state index in [2.05, 4.69) is 28.8 Å². The zero-order chi connectivity index (χ0) is 10.8. The van der Waals surface area contributed by atoms with Crippen LogP contribution in [-0.4, -0.2) is 62.5 Å². The van der Waals surface area contributed by atoms with E-state index >= 15 is 0 Å². The average molecular weight is 251 g/mol. The van der Waals surface area contributed by atoms with Crippen molar-refractivity contribution in [3.05, 3.63) is 0 Å². The molecule has 1 rings (SSSR count). The highest BCUT2D eigenvalue weighted by Gasteiger charge is 2.12. The molecule has 15 heavy (non-hydrogen) atoms. The van der Waals surface area contributed by atoms with Crippen LogP contribution >= 0.6 is 23.5 Å². The van der Waals surface area contributed by atoms with Crippen LogP contribution in [0.2, 0.25) is 0 Å². The predicted molar refractivity (Wildman–Crippen MR) is 69.1 cm³/mol. The van der Waals surface area contributed by atoms with E-state index in [1.165, 1.54) is 17.3 Å². The summed E-state index contributed by atoms with van der Waals surface area (Å²) < 4.78 is 10.3. The summed E-state index contributed by atoms with van der Waals surface area (Å²) in [5, 5.41) is 4.23. The number of nitrogens with one attached hydrogen (secondary N) is 1. The van der Waals surface area contributed by atoms with Crippen LogP contribution in [0.3, 0.4) is 0 Å². The molecule has 1 aliphatic rings. The molecular formula is C10H21NO2S2. The van der Waals surface area contributed by atoms with Gasteiger partial charge in [-0.2, -0.15) is 23.5 Å². The van der Waals surface area contributed by atoms with Gasteiger partial charge in [-0.3, -0.25) is 0 Å². The molecule has 0 spiro atoms. The van der Waals surface area contributed by atoms with E-state index in [0.29, 0.717) is 13.2 Å². The third-order valence-corrected chi connectivity index (χ3v) is 4.96. The highest BCUT2D eigenvalue weighted by molar-refractivity contribution is 8.06. The Bertz CT molecular complexity index is 143. The molecule has 1 unspecified atom stereocenters. The second kappa shape index (κ2) is 9.78. The molecule has 1 N–H and O–H groups in total. The smallest absolute Gasteiger partial charge is 0.0700 e. The van der Waals surface area contributed by atoms with E-state index in [9.17, 15) is 0 Å². The van der Waals surface area contributed by atoms with Gasteiger partial charge in [0.25, 0.3) is 0 Å². The van der Waals surface area contributed by atoms with Crippen molar-refractivity contribution in [1.29, 1.82) is 0 Å². The summed E-state index contributed by atoms with van der Waals surface area (Å²) >= 11 is 4.16. The van der Waals surface area contributed by atoms with Gasteiger partial charge in [0.1, 0.15) is 0 Å². The third-order valence-electron chi connectivity index (χ3n) is 2.11. The minimum absolute atomic E-state index is 0.690. The van der Waals surface area contributed by atoms with Gasteiger partial charge < -0.3 is 14.8 Å². The Hall–Kier alpha value is 0.580. The molecule has 1 atom stereocenters. The average Bonchev–Trinajstić information content (AvgIpc) is 2.29. The van der Waals surface area contributed by atoms with Crippen molar-refractivity contribution in [3.8, 4) is 0 Å².